The number of carbonyl (C=O) groups excluding carboxylic acids is 1. The fourth-order valence-electron chi connectivity index (χ4n) is 3.23. The second-order valence-corrected chi connectivity index (χ2v) is 7.90. The number of amides is 1. The van der Waals surface area contributed by atoms with Crippen molar-refractivity contribution in [3.63, 3.8) is 0 Å². The van der Waals surface area contributed by atoms with E-state index >= 15 is 0 Å². The summed E-state index contributed by atoms with van der Waals surface area (Å²) in [5.74, 6) is 1.39. The topological polar surface area (TPSA) is 62.7 Å². The number of nitrogens with one attached hydrogen (secondary N) is 2. The highest BCUT2D eigenvalue weighted by Gasteiger charge is 2.38. The molecule has 5 nitrogen and oxygen atoms in total. The van der Waals surface area contributed by atoms with Gasteiger partial charge in [0.15, 0.2) is 0 Å². The van der Waals surface area contributed by atoms with Crippen molar-refractivity contribution in [3.05, 3.63) is 52.4 Å². The molecule has 0 aromatic heterocycles. The lowest BCUT2D eigenvalue weighted by Gasteiger charge is -2.22. The van der Waals surface area contributed by atoms with Gasteiger partial charge in [0.25, 0.3) is 5.91 Å². The second kappa shape index (κ2) is 9.09. The van der Waals surface area contributed by atoms with Gasteiger partial charge in [-0.15, -0.1) is 0 Å². The molecular formula is C23H33N3O2. The molecule has 1 aromatic carbocycles. The average molecular weight is 384 g/mol. The van der Waals surface area contributed by atoms with Crippen molar-refractivity contribution in [1.82, 2.24) is 10.6 Å². The summed E-state index contributed by atoms with van der Waals surface area (Å²) in [7, 11) is 1.64. The smallest absolute Gasteiger partial charge is 0.252 e. The molecule has 2 rings (SSSR count). The van der Waals surface area contributed by atoms with Crippen LogP contribution in [0.15, 0.2) is 51.8 Å². The van der Waals surface area contributed by atoms with E-state index in [4.69, 9.17) is 4.74 Å². The highest BCUT2D eigenvalue weighted by Crippen LogP contribution is 2.36. The summed E-state index contributed by atoms with van der Waals surface area (Å²) in [4.78, 5) is 17.3. The van der Waals surface area contributed by atoms with Crippen LogP contribution in [0.4, 0.5) is 0 Å². The van der Waals surface area contributed by atoms with Crippen LogP contribution in [0, 0.1) is 0 Å². The minimum Gasteiger partial charge on any atom is -0.497 e. The van der Waals surface area contributed by atoms with Crippen LogP contribution < -0.4 is 15.4 Å². The van der Waals surface area contributed by atoms with Crippen LogP contribution in [0.5, 0.6) is 5.75 Å². The molecule has 1 aliphatic rings. The monoisotopic (exact) mass is 383 g/mol. The molecule has 1 amide bonds. The van der Waals surface area contributed by atoms with E-state index in [0.717, 1.165) is 41.7 Å². The third-order valence-corrected chi connectivity index (χ3v) is 5.27. The zero-order chi connectivity index (χ0) is 20.9. The standard InChI is InChI=1S/C23H33N3O2/c1-8-19(17-9-11-18(28-7)12-10-17)25-22(27)20(15(2)3)16(4)21(24-6)26-23(5)13-14-23/h9-12,19,26H,6,8,13-14H2,1-5,7H3,(H,25,27)/b21-16-. The van der Waals surface area contributed by atoms with Crippen LogP contribution in [0.2, 0.25) is 0 Å². The first-order valence-electron chi connectivity index (χ1n) is 9.83. The molecule has 2 N–H and O–H groups in total. The van der Waals surface area contributed by atoms with E-state index in [9.17, 15) is 4.79 Å². The first kappa shape index (κ1) is 21.7. The molecule has 1 saturated carbocycles. The zero-order valence-electron chi connectivity index (χ0n) is 18.0. The molecule has 1 atom stereocenters. The molecule has 0 radical (unpaired) electrons. The minimum atomic E-state index is -0.0935. The van der Waals surface area contributed by atoms with Gasteiger partial charge >= 0.3 is 0 Å². The van der Waals surface area contributed by atoms with Gasteiger partial charge in [-0.05, 0) is 71.4 Å². The molecular weight excluding hydrogens is 350 g/mol. The van der Waals surface area contributed by atoms with E-state index in [2.05, 4.69) is 36.2 Å². The Labute approximate surface area is 169 Å². The van der Waals surface area contributed by atoms with E-state index < -0.39 is 0 Å². The Morgan fingerprint density at radius 1 is 1.25 bits per heavy atom. The molecule has 152 valence electrons. The highest BCUT2D eigenvalue weighted by atomic mass is 16.5. The van der Waals surface area contributed by atoms with Gasteiger partial charge in [-0.25, -0.2) is 4.99 Å². The summed E-state index contributed by atoms with van der Waals surface area (Å²) in [6.45, 7) is 13.7. The number of methoxy groups -OCH3 is 1. The molecule has 0 bridgehead atoms. The Bertz CT molecular complexity index is 783. The number of carbonyl (C=O) groups is 1. The van der Waals surface area contributed by atoms with Crippen molar-refractivity contribution in [3.8, 4) is 5.75 Å². The molecule has 1 aliphatic carbocycles. The van der Waals surface area contributed by atoms with Gasteiger partial charge in [0, 0.05) is 16.7 Å². The van der Waals surface area contributed by atoms with E-state index in [-0.39, 0.29) is 17.5 Å². The van der Waals surface area contributed by atoms with E-state index in [1.807, 2.05) is 45.0 Å². The predicted octanol–water partition coefficient (Wildman–Crippen LogP) is 4.67. The first-order chi connectivity index (χ1) is 13.2. The van der Waals surface area contributed by atoms with Crippen LogP contribution in [0.25, 0.3) is 0 Å². The largest absolute Gasteiger partial charge is 0.497 e. The maximum Gasteiger partial charge on any atom is 0.252 e. The Hall–Kier alpha value is -2.56. The number of hydrogen-bond acceptors (Lipinski definition) is 4. The second-order valence-electron chi connectivity index (χ2n) is 7.90. The molecule has 0 spiro atoms. The summed E-state index contributed by atoms with van der Waals surface area (Å²) in [6.07, 6.45) is 3.00. The number of allylic oxidation sites excluding steroid dienone is 1. The molecule has 5 heteroatoms. The van der Waals surface area contributed by atoms with Gasteiger partial charge in [0.2, 0.25) is 0 Å². The lowest BCUT2D eigenvalue weighted by molar-refractivity contribution is -0.118. The summed E-state index contributed by atoms with van der Waals surface area (Å²) in [5, 5.41) is 6.62. The van der Waals surface area contributed by atoms with Gasteiger partial charge < -0.3 is 15.4 Å². The molecule has 0 heterocycles. The lowest BCUT2D eigenvalue weighted by Crippen LogP contribution is -2.32. The zero-order valence-corrected chi connectivity index (χ0v) is 18.0. The van der Waals surface area contributed by atoms with Crippen LogP contribution in [-0.4, -0.2) is 25.3 Å². The fourth-order valence-corrected chi connectivity index (χ4v) is 3.23. The molecule has 1 fully saturated rings. The number of rotatable bonds is 9. The Balaban J connectivity index is 2.26. The molecule has 1 aromatic rings. The van der Waals surface area contributed by atoms with Gasteiger partial charge in [0.1, 0.15) is 11.6 Å². The number of nitrogens with zero attached hydrogens (tertiary/aromatic N) is 1. The number of aliphatic imine (C=N–C) groups is 1. The summed E-state index contributed by atoms with van der Waals surface area (Å²) in [6, 6.07) is 7.73. The van der Waals surface area contributed by atoms with Crippen LogP contribution >= 0.6 is 0 Å². The van der Waals surface area contributed by atoms with Gasteiger partial charge in [-0.3, -0.25) is 4.79 Å². The Kier molecular flexibility index (Phi) is 7.05. The third kappa shape index (κ3) is 5.24. The van der Waals surface area contributed by atoms with Gasteiger partial charge in [-0.2, -0.15) is 0 Å². The summed E-state index contributed by atoms with van der Waals surface area (Å²) < 4.78 is 5.22. The quantitative estimate of drug-likeness (QED) is 0.370. The van der Waals surface area contributed by atoms with Crippen LogP contribution in [0.3, 0.4) is 0 Å². The number of benzene rings is 1. The third-order valence-electron chi connectivity index (χ3n) is 5.27. The maximum atomic E-state index is 13.2. The van der Waals surface area contributed by atoms with E-state index in [1.54, 1.807) is 7.11 Å². The van der Waals surface area contributed by atoms with Crippen LogP contribution in [-0.2, 0) is 4.79 Å². The number of hydrogen-bond donors (Lipinski definition) is 2. The SMILES string of the molecule is C=N/C(NC1(C)CC1)=C(\C)C(C(=O)NC(CC)c1ccc(OC)cc1)=C(C)C. The minimum absolute atomic E-state index is 0.0655. The van der Waals surface area contributed by atoms with Crippen molar-refractivity contribution in [2.75, 3.05) is 7.11 Å². The molecule has 28 heavy (non-hydrogen) atoms. The Morgan fingerprint density at radius 2 is 1.86 bits per heavy atom. The van der Waals surface area contributed by atoms with E-state index in [0.29, 0.717) is 11.4 Å². The normalized spacial score (nSPS) is 16.4. The van der Waals surface area contributed by atoms with Crippen molar-refractivity contribution in [2.45, 2.75) is 65.5 Å². The summed E-state index contributed by atoms with van der Waals surface area (Å²) in [5.41, 5.74) is 3.55. The average Bonchev–Trinajstić information content (AvgIpc) is 3.41. The number of ether oxygens (including phenoxy) is 1. The first-order valence-corrected chi connectivity index (χ1v) is 9.83. The van der Waals surface area contributed by atoms with Crippen molar-refractivity contribution < 1.29 is 9.53 Å². The Morgan fingerprint density at radius 3 is 2.29 bits per heavy atom. The maximum absolute atomic E-state index is 13.2. The van der Waals surface area contributed by atoms with Crippen molar-refractivity contribution in [2.24, 2.45) is 4.99 Å². The van der Waals surface area contributed by atoms with Gasteiger partial charge in [-0.1, -0.05) is 24.6 Å². The lowest BCUT2D eigenvalue weighted by atomic mass is 9.99. The van der Waals surface area contributed by atoms with E-state index in [1.165, 1.54) is 0 Å². The fraction of sp³-hybridized carbons (Fsp3) is 0.478. The molecule has 0 saturated heterocycles. The summed E-state index contributed by atoms with van der Waals surface area (Å²) >= 11 is 0. The molecule has 0 aliphatic heterocycles. The van der Waals surface area contributed by atoms with Crippen molar-refractivity contribution >= 4 is 12.6 Å². The van der Waals surface area contributed by atoms with Crippen LogP contribution in [0.1, 0.15) is 65.5 Å². The predicted molar refractivity (Wildman–Crippen MR) is 116 cm³/mol. The molecule has 1 unspecified atom stereocenters. The van der Waals surface area contributed by atoms with Gasteiger partial charge in [0.05, 0.1) is 13.2 Å². The van der Waals surface area contributed by atoms with Crippen molar-refractivity contribution in [1.29, 1.82) is 0 Å². The highest BCUT2D eigenvalue weighted by molar-refractivity contribution is 5.98.